The van der Waals surface area contributed by atoms with E-state index in [0.29, 0.717) is 6.42 Å². The number of rotatable bonds is 4. The molecule has 0 saturated heterocycles. The van der Waals surface area contributed by atoms with Crippen LogP contribution in [0.1, 0.15) is 24.5 Å². The SMILES string of the molecule is CCN(C)C(=O)CCc1ccc(C)cc1. The fourth-order valence-electron chi connectivity index (χ4n) is 1.37. The van der Waals surface area contributed by atoms with Crippen LogP contribution >= 0.6 is 0 Å². The van der Waals surface area contributed by atoms with Crippen molar-refractivity contribution in [2.24, 2.45) is 0 Å². The number of carbonyl (C=O) groups excluding carboxylic acids is 1. The van der Waals surface area contributed by atoms with Gasteiger partial charge in [0.15, 0.2) is 0 Å². The quantitative estimate of drug-likeness (QED) is 0.739. The van der Waals surface area contributed by atoms with Crippen molar-refractivity contribution in [3.63, 3.8) is 0 Å². The fraction of sp³-hybridized carbons (Fsp3) is 0.462. The summed E-state index contributed by atoms with van der Waals surface area (Å²) in [6.45, 7) is 4.84. The molecule has 0 saturated carbocycles. The fourth-order valence-corrected chi connectivity index (χ4v) is 1.37. The molecular weight excluding hydrogens is 186 g/mol. The second-order valence-electron chi connectivity index (χ2n) is 3.89. The highest BCUT2D eigenvalue weighted by Gasteiger charge is 2.05. The maximum Gasteiger partial charge on any atom is 0.222 e. The van der Waals surface area contributed by atoms with E-state index in [4.69, 9.17) is 0 Å². The van der Waals surface area contributed by atoms with E-state index in [-0.39, 0.29) is 5.91 Å². The molecule has 0 heterocycles. The summed E-state index contributed by atoms with van der Waals surface area (Å²) < 4.78 is 0. The Labute approximate surface area is 91.9 Å². The Morgan fingerprint density at radius 2 is 1.87 bits per heavy atom. The molecule has 0 atom stereocenters. The van der Waals surface area contributed by atoms with Gasteiger partial charge in [0.2, 0.25) is 5.91 Å². The van der Waals surface area contributed by atoms with Crippen LogP contribution in [-0.2, 0) is 11.2 Å². The van der Waals surface area contributed by atoms with Crippen molar-refractivity contribution in [2.75, 3.05) is 13.6 Å². The van der Waals surface area contributed by atoms with Crippen LogP contribution in [0.4, 0.5) is 0 Å². The molecule has 1 rings (SSSR count). The molecule has 15 heavy (non-hydrogen) atoms. The molecule has 0 aromatic heterocycles. The molecule has 1 aromatic carbocycles. The third-order valence-corrected chi connectivity index (χ3v) is 2.65. The maximum absolute atomic E-state index is 11.5. The lowest BCUT2D eigenvalue weighted by atomic mass is 10.1. The van der Waals surface area contributed by atoms with E-state index in [2.05, 4.69) is 31.2 Å². The molecular formula is C13H19NO. The van der Waals surface area contributed by atoms with E-state index >= 15 is 0 Å². The van der Waals surface area contributed by atoms with Crippen LogP contribution in [-0.4, -0.2) is 24.4 Å². The molecule has 0 N–H and O–H groups in total. The summed E-state index contributed by atoms with van der Waals surface area (Å²) in [5, 5.41) is 0. The standard InChI is InChI=1S/C13H19NO/c1-4-14(3)13(15)10-9-12-7-5-11(2)6-8-12/h5-8H,4,9-10H2,1-3H3. The van der Waals surface area contributed by atoms with Crippen molar-refractivity contribution in [2.45, 2.75) is 26.7 Å². The first kappa shape index (κ1) is 11.8. The average molecular weight is 205 g/mol. The third kappa shape index (κ3) is 3.74. The van der Waals surface area contributed by atoms with Crippen molar-refractivity contribution >= 4 is 5.91 Å². The predicted octanol–water partition coefficient (Wildman–Crippen LogP) is 2.41. The average Bonchev–Trinajstić information content (AvgIpc) is 2.26. The minimum atomic E-state index is 0.220. The van der Waals surface area contributed by atoms with Gasteiger partial charge in [0.25, 0.3) is 0 Å². The molecule has 0 aliphatic carbocycles. The zero-order valence-electron chi connectivity index (χ0n) is 9.79. The molecule has 0 aliphatic rings. The summed E-state index contributed by atoms with van der Waals surface area (Å²) >= 11 is 0. The van der Waals surface area contributed by atoms with Crippen molar-refractivity contribution in [1.29, 1.82) is 0 Å². The summed E-state index contributed by atoms with van der Waals surface area (Å²) in [7, 11) is 1.84. The molecule has 0 unspecified atom stereocenters. The Morgan fingerprint density at radius 3 is 2.40 bits per heavy atom. The van der Waals surface area contributed by atoms with Crippen LogP contribution in [0.15, 0.2) is 24.3 Å². The normalized spacial score (nSPS) is 10.1. The minimum absolute atomic E-state index is 0.220. The Bertz CT molecular complexity index is 316. The summed E-state index contributed by atoms with van der Waals surface area (Å²) in [4.78, 5) is 13.3. The van der Waals surface area contributed by atoms with Crippen molar-refractivity contribution in [3.8, 4) is 0 Å². The number of nitrogens with zero attached hydrogens (tertiary/aromatic N) is 1. The highest BCUT2D eigenvalue weighted by molar-refractivity contribution is 5.76. The van der Waals surface area contributed by atoms with Crippen LogP contribution < -0.4 is 0 Å². The van der Waals surface area contributed by atoms with E-state index in [0.717, 1.165) is 13.0 Å². The van der Waals surface area contributed by atoms with E-state index in [1.54, 1.807) is 4.90 Å². The molecule has 0 fully saturated rings. The van der Waals surface area contributed by atoms with E-state index < -0.39 is 0 Å². The lowest BCUT2D eigenvalue weighted by Gasteiger charge is -2.14. The second-order valence-corrected chi connectivity index (χ2v) is 3.89. The maximum atomic E-state index is 11.5. The first-order chi connectivity index (χ1) is 7.13. The highest BCUT2D eigenvalue weighted by Crippen LogP contribution is 2.06. The molecule has 0 bridgehead atoms. The van der Waals surface area contributed by atoms with Crippen molar-refractivity contribution < 1.29 is 4.79 Å². The lowest BCUT2D eigenvalue weighted by molar-refractivity contribution is -0.129. The number of amides is 1. The molecule has 2 nitrogen and oxygen atoms in total. The Hall–Kier alpha value is -1.31. The van der Waals surface area contributed by atoms with Gasteiger partial charge in [-0.2, -0.15) is 0 Å². The van der Waals surface area contributed by atoms with E-state index in [9.17, 15) is 4.79 Å². The topological polar surface area (TPSA) is 20.3 Å². The number of hydrogen-bond acceptors (Lipinski definition) is 1. The van der Waals surface area contributed by atoms with Gasteiger partial charge in [-0.15, -0.1) is 0 Å². The third-order valence-electron chi connectivity index (χ3n) is 2.65. The van der Waals surface area contributed by atoms with Gasteiger partial charge >= 0.3 is 0 Å². The zero-order chi connectivity index (χ0) is 11.3. The highest BCUT2D eigenvalue weighted by atomic mass is 16.2. The Morgan fingerprint density at radius 1 is 1.27 bits per heavy atom. The van der Waals surface area contributed by atoms with Crippen LogP contribution in [0, 0.1) is 6.92 Å². The Balaban J connectivity index is 2.43. The van der Waals surface area contributed by atoms with Crippen LogP contribution in [0.5, 0.6) is 0 Å². The molecule has 82 valence electrons. The smallest absolute Gasteiger partial charge is 0.222 e. The first-order valence-corrected chi connectivity index (χ1v) is 5.43. The van der Waals surface area contributed by atoms with Gasteiger partial charge in [-0.25, -0.2) is 0 Å². The van der Waals surface area contributed by atoms with Crippen molar-refractivity contribution in [1.82, 2.24) is 4.90 Å². The molecule has 2 heteroatoms. The molecule has 0 radical (unpaired) electrons. The van der Waals surface area contributed by atoms with Crippen LogP contribution in [0.25, 0.3) is 0 Å². The van der Waals surface area contributed by atoms with Gasteiger partial charge < -0.3 is 4.90 Å². The summed E-state index contributed by atoms with van der Waals surface area (Å²) in [6.07, 6.45) is 1.44. The minimum Gasteiger partial charge on any atom is -0.346 e. The second kappa shape index (κ2) is 5.54. The number of carbonyl (C=O) groups is 1. The van der Waals surface area contributed by atoms with E-state index in [1.807, 2.05) is 14.0 Å². The zero-order valence-corrected chi connectivity index (χ0v) is 9.79. The van der Waals surface area contributed by atoms with Crippen molar-refractivity contribution in [3.05, 3.63) is 35.4 Å². The number of benzene rings is 1. The van der Waals surface area contributed by atoms with Gasteiger partial charge in [0.1, 0.15) is 0 Å². The van der Waals surface area contributed by atoms with Gasteiger partial charge in [-0.1, -0.05) is 29.8 Å². The molecule has 1 aromatic rings. The van der Waals surface area contributed by atoms with Gasteiger partial charge in [0.05, 0.1) is 0 Å². The largest absolute Gasteiger partial charge is 0.346 e. The summed E-state index contributed by atoms with van der Waals surface area (Å²) in [5.74, 6) is 0.220. The molecule has 1 amide bonds. The molecule has 0 aliphatic heterocycles. The number of hydrogen-bond donors (Lipinski definition) is 0. The van der Waals surface area contributed by atoms with Crippen LogP contribution in [0.2, 0.25) is 0 Å². The van der Waals surface area contributed by atoms with Gasteiger partial charge in [-0.3, -0.25) is 4.79 Å². The Kier molecular flexibility index (Phi) is 4.35. The van der Waals surface area contributed by atoms with E-state index in [1.165, 1.54) is 11.1 Å². The number of aryl methyl sites for hydroxylation is 2. The summed E-state index contributed by atoms with van der Waals surface area (Å²) in [6, 6.07) is 8.36. The molecule has 0 spiro atoms. The summed E-state index contributed by atoms with van der Waals surface area (Å²) in [5.41, 5.74) is 2.49. The van der Waals surface area contributed by atoms with Crippen LogP contribution in [0.3, 0.4) is 0 Å². The van der Waals surface area contributed by atoms with Gasteiger partial charge in [-0.05, 0) is 25.8 Å². The first-order valence-electron chi connectivity index (χ1n) is 5.43. The predicted molar refractivity (Wildman–Crippen MR) is 62.8 cm³/mol. The lowest BCUT2D eigenvalue weighted by Crippen LogP contribution is -2.26. The monoisotopic (exact) mass is 205 g/mol. The van der Waals surface area contributed by atoms with Gasteiger partial charge in [0, 0.05) is 20.0 Å².